The number of anilines is 2. The van der Waals surface area contributed by atoms with Crippen molar-refractivity contribution in [3.63, 3.8) is 0 Å². The van der Waals surface area contributed by atoms with Crippen LogP contribution in [0.15, 0.2) is 48.5 Å². The standard InChI is InChI=1S/C17H20N2O/c1-3-13-7-5-6-8-16(13)17(20)19(4-2)15-11-9-14(18)10-12-15/h5-12H,3-4,18H2,1-2H3. The van der Waals surface area contributed by atoms with Gasteiger partial charge in [0, 0.05) is 23.5 Å². The molecule has 20 heavy (non-hydrogen) atoms. The van der Waals surface area contributed by atoms with Crippen LogP contribution in [0.5, 0.6) is 0 Å². The molecule has 0 radical (unpaired) electrons. The van der Waals surface area contributed by atoms with Crippen molar-refractivity contribution in [1.82, 2.24) is 0 Å². The number of hydrogen-bond acceptors (Lipinski definition) is 2. The fourth-order valence-electron chi connectivity index (χ4n) is 2.28. The lowest BCUT2D eigenvalue weighted by molar-refractivity contribution is 0.0987. The molecule has 0 heterocycles. The third-order valence-electron chi connectivity index (χ3n) is 3.39. The molecule has 0 atom stereocenters. The number of hydrogen-bond donors (Lipinski definition) is 1. The fourth-order valence-corrected chi connectivity index (χ4v) is 2.28. The van der Waals surface area contributed by atoms with Crippen molar-refractivity contribution >= 4 is 17.3 Å². The molecule has 0 fully saturated rings. The van der Waals surface area contributed by atoms with Gasteiger partial charge in [0.05, 0.1) is 0 Å². The molecule has 2 aromatic rings. The highest BCUT2D eigenvalue weighted by Gasteiger charge is 2.18. The highest BCUT2D eigenvalue weighted by Crippen LogP contribution is 2.20. The lowest BCUT2D eigenvalue weighted by Crippen LogP contribution is -2.31. The van der Waals surface area contributed by atoms with Crippen LogP contribution >= 0.6 is 0 Å². The Kier molecular flexibility index (Phi) is 4.41. The molecule has 0 saturated carbocycles. The van der Waals surface area contributed by atoms with Gasteiger partial charge in [0.15, 0.2) is 0 Å². The van der Waals surface area contributed by atoms with E-state index in [0.717, 1.165) is 23.2 Å². The number of amides is 1. The Morgan fingerprint density at radius 3 is 2.30 bits per heavy atom. The Labute approximate surface area is 120 Å². The van der Waals surface area contributed by atoms with E-state index in [-0.39, 0.29) is 5.91 Å². The van der Waals surface area contributed by atoms with E-state index >= 15 is 0 Å². The molecule has 0 aliphatic heterocycles. The molecular formula is C17H20N2O. The van der Waals surface area contributed by atoms with Crippen LogP contribution in [-0.4, -0.2) is 12.5 Å². The van der Waals surface area contributed by atoms with E-state index < -0.39 is 0 Å². The molecule has 2 aromatic carbocycles. The highest BCUT2D eigenvalue weighted by molar-refractivity contribution is 6.07. The first-order valence-corrected chi connectivity index (χ1v) is 6.92. The van der Waals surface area contributed by atoms with E-state index in [0.29, 0.717) is 12.2 Å². The van der Waals surface area contributed by atoms with Crippen LogP contribution in [0.1, 0.15) is 29.8 Å². The van der Waals surface area contributed by atoms with Gasteiger partial charge in [-0.2, -0.15) is 0 Å². The predicted octanol–water partition coefficient (Wildman–Crippen LogP) is 3.50. The molecular weight excluding hydrogens is 248 g/mol. The SMILES string of the molecule is CCc1ccccc1C(=O)N(CC)c1ccc(N)cc1. The maximum Gasteiger partial charge on any atom is 0.258 e. The van der Waals surface area contributed by atoms with Gasteiger partial charge in [0.1, 0.15) is 0 Å². The van der Waals surface area contributed by atoms with Gasteiger partial charge in [-0.3, -0.25) is 4.79 Å². The van der Waals surface area contributed by atoms with Crippen LogP contribution in [0.25, 0.3) is 0 Å². The summed E-state index contributed by atoms with van der Waals surface area (Å²) in [6.07, 6.45) is 0.848. The molecule has 0 aromatic heterocycles. The summed E-state index contributed by atoms with van der Waals surface area (Å²) < 4.78 is 0. The summed E-state index contributed by atoms with van der Waals surface area (Å²) in [6, 6.07) is 15.2. The molecule has 3 heteroatoms. The minimum absolute atomic E-state index is 0.0368. The Bertz CT molecular complexity index is 590. The largest absolute Gasteiger partial charge is 0.399 e. The Morgan fingerprint density at radius 1 is 1.05 bits per heavy atom. The van der Waals surface area contributed by atoms with Gasteiger partial charge in [-0.05, 0) is 49.2 Å². The van der Waals surface area contributed by atoms with Gasteiger partial charge in [-0.1, -0.05) is 25.1 Å². The lowest BCUT2D eigenvalue weighted by atomic mass is 10.0. The summed E-state index contributed by atoms with van der Waals surface area (Å²) in [7, 11) is 0. The number of benzene rings is 2. The first-order chi connectivity index (χ1) is 9.67. The van der Waals surface area contributed by atoms with Gasteiger partial charge >= 0.3 is 0 Å². The quantitative estimate of drug-likeness (QED) is 0.863. The van der Waals surface area contributed by atoms with Crippen molar-refractivity contribution in [2.24, 2.45) is 0 Å². The van der Waals surface area contributed by atoms with Crippen molar-refractivity contribution in [2.75, 3.05) is 17.2 Å². The molecule has 1 amide bonds. The zero-order chi connectivity index (χ0) is 14.5. The third kappa shape index (κ3) is 2.82. The summed E-state index contributed by atoms with van der Waals surface area (Å²) >= 11 is 0. The molecule has 2 N–H and O–H groups in total. The topological polar surface area (TPSA) is 46.3 Å². The molecule has 0 saturated heterocycles. The van der Waals surface area contributed by atoms with E-state index in [4.69, 9.17) is 5.73 Å². The van der Waals surface area contributed by atoms with Crippen molar-refractivity contribution in [3.05, 3.63) is 59.7 Å². The second-order valence-corrected chi connectivity index (χ2v) is 4.65. The van der Waals surface area contributed by atoms with E-state index in [1.165, 1.54) is 0 Å². The van der Waals surface area contributed by atoms with Crippen molar-refractivity contribution in [1.29, 1.82) is 0 Å². The van der Waals surface area contributed by atoms with Crippen molar-refractivity contribution in [3.8, 4) is 0 Å². The van der Waals surface area contributed by atoms with Gasteiger partial charge in [-0.15, -0.1) is 0 Å². The molecule has 0 aliphatic carbocycles. The summed E-state index contributed by atoms with van der Waals surface area (Å²) in [6.45, 7) is 4.66. The lowest BCUT2D eigenvalue weighted by Gasteiger charge is -2.22. The van der Waals surface area contributed by atoms with Crippen molar-refractivity contribution < 1.29 is 4.79 Å². The molecule has 0 unspecified atom stereocenters. The molecule has 0 aliphatic rings. The van der Waals surface area contributed by atoms with Gasteiger partial charge < -0.3 is 10.6 Å². The Hall–Kier alpha value is -2.29. The summed E-state index contributed by atoms with van der Waals surface area (Å²) in [5, 5.41) is 0. The van der Waals surface area contributed by atoms with Crippen LogP contribution in [0.2, 0.25) is 0 Å². The molecule has 3 nitrogen and oxygen atoms in total. The minimum atomic E-state index is 0.0368. The highest BCUT2D eigenvalue weighted by atomic mass is 16.2. The molecule has 0 bridgehead atoms. The van der Waals surface area contributed by atoms with Crippen LogP contribution in [-0.2, 0) is 6.42 Å². The predicted molar refractivity (Wildman–Crippen MR) is 84.0 cm³/mol. The smallest absolute Gasteiger partial charge is 0.258 e. The number of nitrogens with two attached hydrogens (primary N) is 1. The monoisotopic (exact) mass is 268 g/mol. The minimum Gasteiger partial charge on any atom is -0.399 e. The molecule has 0 spiro atoms. The first-order valence-electron chi connectivity index (χ1n) is 6.92. The fraction of sp³-hybridized carbons (Fsp3) is 0.235. The number of aryl methyl sites for hydroxylation is 1. The van der Waals surface area contributed by atoms with Crippen LogP contribution in [0.4, 0.5) is 11.4 Å². The molecule has 2 rings (SSSR count). The summed E-state index contributed by atoms with van der Waals surface area (Å²) in [4.78, 5) is 14.5. The van der Waals surface area contributed by atoms with E-state index in [1.807, 2.05) is 55.5 Å². The van der Waals surface area contributed by atoms with Crippen LogP contribution < -0.4 is 10.6 Å². The van der Waals surface area contributed by atoms with Crippen LogP contribution in [0.3, 0.4) is 0 Å². The number of carbonyl (C=O) groups is 1. The second-order valence-electron chi connectivity index (χ2n) is 4.65. The number of carbonyl (C=O) groups excluding carboxylic acids is 1. The van der Waals surface area contributed by atoms with E-state index in [1.54, 1.807) is 4.90 Å². The number of nitrogens with zero attached hydrogens (tertiary/aromatic N) is 1. The summed E-state index contributed by atoms with van der Waals surface area (Å²) in [5.74, 6) is 0.0368. The van der Waals surface area contributed by atoms with E-state index in [2.05, 4.69) is 6.92 Å². The maximum absolute atomic E-state index is 12.7. The van der Waals surface area contributed by atoms with Gasteiger partial charge in [0.25, 0.3) is 5.91 Å². The first kappa shape index (κ1) is 14.1. The van der Waals surface area contributed by atoms with Crippen molar-refractivity contribution in [2.45, 2.75) is 20.3 Å². The van der Waals surface area contributed by atoms with Gasteiger partial charge in [0.2, 0.25) is 0 Å². The Balaban J connectivity index is 2.36. The second kappa shape index (κ2) is 6.24. The third-order valence-corrected chi connectivity index (χ3v) is 3.39. The average Bonchev–Trinajstić information content (AvgIpc) is 2.49. The maximum atomic E-state index is 12.7. The number of rotatable bonds is 4. The number of nitrogen functional groups attached to an aromatic ring is 1. The van der Waals surface area contributed by atoms with E-state index in [9.17, 15) is 4.79 Å². The van der Waals surface area contributed by atoms with Gasteiger partial charge in [-0.25, -0.2) is 0 Å². The van der Waals surface area contributed by atoms with Crippen LogP contribution in [0, 0.1) is 0 Å². The summed E-state index contributed by atoms with van der Waals surface area (Å²) in [5.41, 5.74) is 9.12. The molecule has 104 valence electrons. The average molecular weight is 268 g/mol. The Morgan fingerprint density at radius 2 is 1.70 bits per heavy atom. The zero-order valence-electron chi connectivity index (χ0n) is 12.0. The normalized spacial score (nSPS) is 10.3. The zero-order valence-corrected chi connectivity index (χ0v) is 12.0.